The monoisotopic (exact) mass is 373 g/mol. The third-order valence-corrected chi connectivity index (χ3v) is 4.49. The lowest BCUT2D eigenvalue weighted by molar-refractivity contribution is -0.135. The van der Waals surface area contributed by atoms with Crippen LogP contribution in [0.4, 0.5) is 8.78 Å². The summed E-state index contributed by atoms with van der Waals surface area (Å²) in [5, 5.41) is 5.79. The van der Waals surface area contributed by atoms with Crippen molar-refractivity contribution in [2.75, 3.05) is 26.2 Å². The Morgan fingerprint density at radius 1 is 1.11 bits per heavy atom. The summed E-state index contributed by atoms with van der Waals surface area (Å²) in [5.74, 6) is -1.35. The number of halogens is 2. The van der Waals surface area contributed by atoms with Crippen molar-refractivity contribution in [3.05, 3.63) is 71.3 Å². The highest BCUT2D eigenvalue weighted by Gasteiger charge is 2.28. The maximum absolute atomic E-state index is 13.5. The summed E-state index contributed by atoms with van der Waals surface area (Å²) in [7, 11) is 0. The van der Waals surface area contributed by atoms with Gasteiger partial charge in [-0.25, -0.2) is 8.78 Å². The van der Waals surface area contributed by atoms with Crippen LogP contribution in [0.1, 0.15) is 17.2 Å². The second-order valence-corrected chi connectivity index (χ2v) is 6.45. The fourth-order valence-corrected chi connectivity index (χ4v) is 3.19. The molecule has 2 aromatic carbocycles. The standard InChI is InChI=1S/C20H21F2N3O2/c21-16-5-1-3-14(9-16)10-19(26)24-13-20(27)25-8-7-23-12-18(25)15-4-2-6-17(22)11-15/h1-6,9,11,18,23H,7-8,10,12-13H2,(H,24,26). The molecular weight excluding hydrogens is 352 g/mol. The van der Waals surface area contributed by atoms with Gasteiger partial charge in [-0.15, -0.1) is 0 Å². The van der Waals surface area contributed by atoms with Crippen molar-refractivity contribution in [2.45, 2.75) is 12.5 Å². The Kier molecular flexibility index (Phi) is 6.13. The lowest BCUT2D eigenvalue weighted by Crippen LogP contribution is -2.51. The molecule has 2 N–H and O–H groups in total. The van der Waals surface area contributed by atoms with Gasteiger partial charge in [0.1, 0.15) is 11.6 Å². The number of rotatable bonds is 5. The van der Waals surface area contributed by atoms with Crippen LogP contribution in [0.15, 0.2) is 48.5 Å². The molecule has 2 aromatic rings. The van der Waals surface area contributed by atoms with Crippen LogP contribution in [0, 0.1) is 11.6 Å². The molecule has 0 radical (unpaired) electrons. The first-order valence-corrected chi connectivity index (χ1v) is 8.80. The summed E-state index contributed by atoms with van der Waals surface area (Å²) in [5.41, 5.74) is 1.25. The van der Waals surface area contributed by atoms with Crippen LogP contribution in [0.3, 0.4) is 0 Å². The quantitative estimate of drug-likeness (QED) is 0.840. The van der Waals surface area contributed by atoms with Crippen molar-refractivity contribution < 1.29 is 18.4 Å². The Balaban J connectivity index is 1.59. The second kappa shape index (κ2) is 8.73. The molecule has 5 nitrogen and oxygen atoms in total. The van der Waals surface area contributed by atoms with Crippen LogP contribution in [0.5, 0.6) is 0 Å². The number of nitrogens with zero attached hydrogens (tertiary/aromatic N) is 1. The van der Waals surface area contributed by atoms with Gasteiger partial charge in [-0.3, -0.25) is 9.59 Å². The minimum absolute atomic E-state index is 0.0000787. The predicted molar refractivity (Wildman–Crippen MR) is 96.8 cm³/mol. The van der Waals surface area contributed by atoms with Gasteiger partial charge in [0.05, 0.1) is 19.0 Å². The highest BCUT2D eigenvalue weighted by Crippen LogP contribution is 2.22. The molecule has 27 heavy (non-hydrogen) atoms. The Bertz CT molecular complexity index is 828. The summed E-state index contributed by atoms with van der Waals surface area (Å²) < 4.78 is 26.7. The van der Waals surface area contributed by atoms with Crippen LogP contribution >= 0.6 is 0 Å². The Morgan fingerprint density at radius 2 is 1.85 bits per heavy atom. The zero-order valence-electron chi connectivity index (χ0n) is 14.8. The van der Waals surface area contributed by atoms with Crippen molar-refractivity contribution in [3.63, 3.8) is 0 Å². The summed E-state index contributed by atoms with van der Waals surface area (Å²) in [6, 6.07) is 11.7. The van der Waals surface area contributed by atoms with Gasteiger partial charge in [-0.05, 0) is 35.4 Å². The minimum Gasteiger partial charge on any atom is -0.347 e. The molecule has 1 fully saturated rings. The van der Waals surface area contributed by atoms with Crippen molar-refractivity contribution >= 4 is 11.8 Å². The van der Waals surface area contributed by atoms with Crippen LogP contribution in [0.25, 0.3) is 0 Å². The third kappa shape index (κ3) is 5.10. The zero-order chi connectivity index (χ0) is 19.2. The third-order valence-electron chi connectivity index (χ3n) is 4.49. The molecule has 0 spiro atoms. The Labute approximate surface area is 156 Å². The average molecular weight is 373 g/mol. The van der Waals surface area contributed by atoms with Gasteiger partial charge in [0.25, 0.3) is 0 Å². The predicted octanol–water partition coefficient (Wildman–Crippen LogP) is 1.80. The summed E-state index contributed by atoms with van der Waals surface area (Å²) >= 11 is 0. The molecule has 0 aliphatic carbocycles. The van der Waals surface area contributed by atoms with Crippen LogP contribution < -0.4 is 10.6 Å². The molecular formula is C20H21F2N3O2. The lowest BCUT2D eigenvalue weighted by Gasteiger charge is -2.36. The van der Waals surface area contributed by atoms with E-state index in [1.807, 2.05) is 0 Å². The molecule has 1 heterocycles. The maximum atomic E-state index is 13.5. The van der Waals surface area contributed by atoms with Crippen LogP contribution in [-0.4, -0.2) is 42.9 Å². The number of piperazine rings is 1. The van der Waals surface area contributed by atoms with Crippen molar-refractivity contribution in [1.29, 1.82) is 0 Å². The van der Waals surface area contributed by atoms with E-state index in [1.165, 1.54) is 30.3 Å². The molecule has 0 aromatic heterocycles. The van der Waals surface area contributed by atoms with E-state index in [1.54, 1.807) is 23.1 Å². The van der Waals surface area contributed by atoms with Gasteiger partial charge in [0, 0.05) is 19.6 Å². The topological polar surface area (TPSA) is 61.4 Å². The number of nitrogens with one attached hydrogen (secondary N) is 2. The molecule has 1 unspecified atom stereocenters. The summed E-state index contributed by atoms with van der Waals surface area (Å²) in [6.07, 6.45) is -0.0000787. The zero-order valence-corrected chi connectivity index (χ0v) is 14.8. The van der Waals surface area contributed by atoms with Gasteiger partial charge in [-0.1, -0.05) is 24.3 Å². The van der Waals surface area contributed by atoms with E-state index >= 15 is 0 Å². The molecule has 1 aliphatic heterocycles. The molecule has 1 saturated heterocycles. The number of amides is 2. The van der Waals surface area contributed by atoms with E-state index in [0.717, 1.165) is 0 Å². The first kappa shape index (κ1) is 19.0. The molecule has 2 amide bonds. The average Bonchev–Trinajstić information content (AvgIpc) is 2.66. The van der Waals surface area contributed by atoms with Gasteiger partial charge in [0.2, 0.25) is 11.8 Å². The highest BCUT2D eigenvalue weighted by molar-refractivity contribution is 5.86. The van der Waals surface area contributed by atoms with E-state index in [-0.39, 0.29) is 36.6 Å². The smallest absolute Gasteiger partial charge is 0.242 e. The largest absolute Gasteiger partial charge is 0.347 e. The SMILES string of the molecule is O=C(Cc1cccc(F)c1)NCC(=O)N1CCNCC1c1cccc(F)c1. The first-order chi connectivity index (χ1) is 13.0. The second-order valence-electron chi connectivity index (χ2n) is 6.45. The number of benzene rings is 2. The van der Waals surface area contributed by atoms with E-state index in [2.05, 4.69) is 10.6 Å². The highest BCUT2D eigenvalue weighted by atomic mass is 19.1. The van der Waals surface area contributed by atoms with Crippen molar-refractivity contribution in [1.82, 2.24) is 15.5 Å². The Morgan fingerprint density at radius 3 is 2.59 bits per heavy atom. The van der Waals surface area contributed by atoms with E-state index < -0.39 is 5.82 Å². The lowest BCUT2D eigenvalue weighted by atomic mass is 10.0. The molecule has 7 heteroatoms. The molecule has 0 bridgehead atoms. The van der Waals surface area contributed by atoms with E-state index in [0.29, 0.717) is 30.8 Å². The normalized spacial score (nSPS) is 16.8. The molecule has 3 rings (SSSR count). The van der Waals surface area contributed by atoms with Crippen molar-refractivity contribution in [2.24, 2.45) is 0 Å². The maximum Gasteiger partial charge on any atom is 0.242 e. The summed E-state index contributed by atoms with van der Waals surface area (Å²) in [6.45, 7) is 1.47. The molecule has 0 saturated carbocycles. The fourth-order valence-electron chi connectivity index (χ4n) is 3.19. The number of carbonyl (C=O) groups excluding carboxylic acids is 2. The number of carbonyl (C=O) groups is 2. The molecule has 1 atom stereocenters. The number of hydrogen-bond donors (Lipinski definition) is 2. The fraction of sp³-hybridized carbons (Fsp3) is 0.300. The molecule has 1 aliphatic rings. The number of hydrogen-bond acceptors (Lipinski definition) is 3. The minimum atomic E-state index is -0.407. The van der Waals surface area contributed by atoms with Gasteiger partial charge in [0.15, 0.2) is 0 Å². The van der Waals surface area contributed by atoms with E-state index in [4.69, 9.17) is 0 Å². The van der Waals surface area contributed by atoms with Gasteiger partial charge >= 0.3 is 0 Å². The molecule has 142 valence electrons. The Hall–Kier alpha value is -2.80. The van der Waals surface area contributed by atoms with Gasteiger partial charge in [-0.2, -0.15) is 0 Å². The van der Waals surface area contributed by atoms with Crippen LogP contribution in [0.2, 0.25) is 0 Å². The van der Waals surface area contributed by atoms with Gasteiger partial charge < -0.3 is 15.5 Å². The van der Waals surface area contributed by atoms with Crippen molar-refractivity contribution in [3.8, 4) is 0 Å². The summed E-state index contributed by atoms with van der Waals surface area (Å²) in [4.78, 5) is 26.3. The van der Waals surface area contributed by atoms with E-state index in [9.17, 15) is 18.4 Å². The van der Waals surface area contributed by atoms with Crippen LogP contribution in [-0.2, 0) is 16.0 Å². The first-order valence-electron chi connectivity index (χ1n) is 8.80.